The molecule has 3 amide bonds. The largest absolute Gasteiger partial charge is 0.455 e. The van der Waals surface area contributed by atoms with Crippen LogP contribution in [0.3, 0.4) is 0 Å². The van der Waals surface area contributed by atoms with Crippen LogP contribution in [0.15, 0.2) is 53.0 Å². The Balaban J connectivity index is 1.60. The number of unbranched alkanes of at least 4 members (excludes halogenated alkanes) is 3. The van der Waals surface area contributed by atoms with E-state index in [1.165, 1.54) is 0 Å². The van der Waals surface area contributed by atoms with Crippen LogP contribution in [0.25, 0.3) is 0 Å². The van der Waals surface area contributed by atoms with Gasteiger partial charge in [0.25, 0.3) is 0 Å². The van der Waals surface area contributed by atoms with Gasteiger partial charge < -0.3 is 29.3 Å². The maximum Gasteiger partial charge on any atom is 0.313 e. The van der Waals surface area contributed by atoms with Crippen molar-refractivity contribution in [1.29, 1.82) is 0 Å². The van der Waals surface area contributed by atoms with E-state index in [9.17, 15) is 24.3 Å². The van der Waals surface area contributed by atoms with Crippen LogP contribution < -0.4 is 0 Å². The van der Waals surface area contributed by atoms with Crippen LogP contribution in [0.1, 0.15) is 77.9 Å². The molecule has 11 heteroatoms. The molecule has 10 nitrogen and oxygen atoms in total. The van der Waals surface area contributed by atoms with Gasteiger partial charge in [-0.25, -0.2) is 0 Å². The summed E-state index contributed by atoms with van der Waals surface area (Å²) in [7, 11) is 1.72. The van der Waals surface area contributed by atoms with Gasteiger partial charge in [-0.15, -0.1) is 0 Å². The maximum atomic E-state index is 14.8. The number of allylic oxidation sites excluding steroid dienone is 1. The standard InChI is InChI=1S/C36H48BrN3O7/c1-23-29(24-16-10-8-11-17-24)46-34(45)27-28-32(43)39(19-13-6-7-15-21-41)31(36(28)22-25(37)30(27)47-36)33(44)40(35(2,3)4)20-14-9-12-18-26(42)38(23)5/h8-11,14,16-17,22-23,27-31,41H,6-7,12-13,15,18-21H2,1-5H3/b14-9-/t23-,27+,28-,29+,30+,31+,36-/m0/s1. The molecule has 4 aliphatic rings. The number of ether oxygens (including phenoxy) is 2. The van der Waals surface area contributed by atoms with E-state index in [4.69, 9.17) is 9.47 Å². The van der Waals surface area contributed by atoms with Crippen LogP contribution in [-0.2, 0) is 28.7 Å². The molecule has 5 rings (SSSR count). The molecule has 1 aromatic rings. The van der Waals surface area contributed by atoms with Crippen molar-refractivity contribution in [2.45, 2.75) is 102 Å². The summed E-state index contributed by atoms with van der Waals surface area (Å²) in [5, 5.41) is 9.25. The molecule has 0 saturated carbocycles. The van der Waals surface area contributed by atoms with E-state index in [1.54, 1.807) is 21.7 Å². The van der Waals surface area contributed by atoms with Gasteiger partial charge in [-0.05, 0) is 58.6 Å². The quantitative estimate of drug-likeness (QED) is 0.251. The molecule has 0 aliphatic carbocycles. The molecule has 2 fully saturated rings. The molecule has 0 radical (unpaired) electrons. The highest BCUT2D eigenvalue weighted by molar-refractivity contribution is 9.11. The fraction of sp³-hybridized carbons (Fsp3) is 0.611. The second kappa shape index (κ2) is 14.2. The van der Waals surface area contributed by atoms with E-state index in [0.717, 1.165) is 18.4 Å². The van der Waals surface area contributed by atoms with Gasteiger partial charge in [-0.2, -0.15) is 0 Å². The number of likely N-dealkylation sites (tertiary alicyclic amines) is 1. The zero-order valence-corrected chi connectivity index (χ0v) is 29.6. The summed E-state index contributed by atoms with van der Waals surface area (Å²) < 4.78 is 13.6. The Morgan fingerprint density at radius 2 is 1.68 bits per heavy atom. The van der Waals surface area contributed by atoms with Crippen molar-refractivity contribution in [1.82, 2.24) is 14.7 Å². The first-order valence-electron chi connectivity index (χ1n) is 16.8. The number of nitrogens with zero attached hydrogens (tertiary/aromatic N) is 3. The van der Waals surface area contributed by atoms with E-state index in [2.05, 4.69) is 15.9 Å². The highest BCUT2D eigenvalue weighted by Gasteiger charge is 2.75. The van der Waals surface area contributed by atoms with Crippen LogP contribution >= 0.6 is 15.9 Å². The van der Waals surface area contributed by atoms with Gasteiger partial charge in [-0.1, -0.05) is 71.3 Å². The van der Waals surface area contributed by atoms with Gasteiger partial charge in [0.2, 0.25) is 17.7 Å². The molecule has 256 valence electrons. The third-order valence-electron chi connectivity index (χ3n) is 10.1. The normalized spacial score (nSPS) is 32.5. The van der Waals surface area contributed by atoms with Gasteiger partial charge in [0.15, 0.2) is 0 Å². The summed E-state index contributed by atoms with van der Waals surface area (Å²) in [6.45, 7) is 8.43. The number of hydrogen-bond donors (Lipinski definition) is 1. The predicted octanol–water partition coefficient (Wildman–Crippen LogP) is 4.52. The number of aliphatic hydroxyl groups is 1. The van der Waals surface area contributed by atoms with Crippen LogP contribution in [0.4, 0.5) is 0 Å². The lowest BCUT2D eigenvalue weighted by atomic mass is 9.74. The Bertz CT molecular complexity index is 1410. The van der Waals surface area contributed by atoms with E-state index < -0.39 is 53.2 Å². The highest BCUT2D eigenvalue weighted by Crippen LogP contribution is 2.59. The van der Waals surface area contributed by atoms with E-state index >= 15 is 0 Å². The Morgan fingerprint density at radius 1 is 0.979 bits per heavy atom. The minimum absolute atomic E-state index is 0.0936. The number of amides is 3. The lowest BCUT2D eigenvalue weighted by Crippen LogP contribution is -2.59. The maximum absolute atomic E-state index is 14.8. The third-order valence-corrected chi connectivity index (χ3v) is 10.8. The van der Waals surface area contributed by atoms with Crippen molar-refractivity contribution in [2.75, 3.05) is 26.7 Å². The Hall–Kier alpha value is -3.02. The van der Waals surface area contributed by atoms with E-state index in [-0.39, 0.29) is 37.3 Å². The summed E-state index contributed by atoms with van der Waals surface area (Å²) in [6, 6.07) is 7.84. The average molecular weight is 715 g/mol. The number of carbonyl (C=O) groups excluding carboxylic acids is 4. The molecule has 4 aliphatic heterocycles. The molecule has 0 unspecified atom stereocenters. The summed E-state index contributed by atoms with van der Waals surface area (Å²) in [6.07, 6.45) is 7.71. The SMILES string of the molecule is C[C@H]1[C@H](c2ccccc2)OC(=O)[C@H]2[C@@H]3O[C@@]4(C=C3Br)[C@@H]2C(=O)N(CCCCCCO)[C@@H]4C(=O)N(C(C)(C)C)C/C=C\CCC(=O)N1C. The minimum atomic E-state index is -1.35. The van der Waals surface area contributed by atoms with Gasteiger partial charge in [-0.3, -0.25) is 19.2 Å². The number of halogens is 1. The third kappa shape index (κ3) is 6.68. The molecular formula is C36H48BrN3O7. The second-order valence-electron chi connectivity index (χ2n) is 14.1. The van der Waals surface area contributed by atoms with Gasteiger partial charge >= 0.3 is 5.97 Å². The zero-order valence-electron chi connectivity index (χ0n) is 28.1. The number of aliphatic hydroxyl groups excluding tert-OH is 1. The molecule has 2 saturated heterocycles. The van der Waals surface area contributed by atoms with Gasteiger partial charge in [0.05, 0.1) is 12.0 Å². The van der Waals surface area contributed by atoms with Crippen LogP contribution in [-0.4, -0.2) is 99.6 Å². The van der Waals surface area contributed by atoms with Crippen LogP contribution in [0.2, 0.25) is 0 Å². The first kappa shape index (κ1) is 35.3. The summed E-state index contributed by atoms with van der Waals surface area (Å²) in [5.74, 6) is -3.19. The van der Waals surface area contributed by atoms with E-state index in [0.29, 0.717) is 30.3 Å². The van der Waals surface area contributed by atoms with Crippen molar-refractivity contribution in [3.63, 3.8) is 0 Å². The smallest absolute Gasteiger partial charge is 0.313 e. The number of cyclic esters (lactones) is 1. The predicted molar refractivity (Wildman–Crippen MR) is 180 cm³/mol. The molecular weight excluding hydrogens is 666 g/mol. The number of likely N-dealkylation sites (N-methyl/N-ethyl adjacent to an activating group) is 1. The monoisotopic (exact) mass is 713 g/mol. The molecule has 47 heavy (non-hydrogen) atoms. The lowest BCUT2D eigenvalue weighted by molar-refractivity contribution is -0.164. The Labute approximate surface area is 286 Å². The molecule has 1 aromatic carbocycles. The Kier molecular flexibility index (Phi) is 10.7. The molecule has 1 spiro atoms. The molecule has 1 N–H and O–H groups in total. The first-order valence-corrected chi connectivity index (χ1v) is 17.6. The number of hydrogen-bond acceptors (Lipinski definition) is 7. The fourth-order valence-electron chi connectivity index (χ4n) is 7.50. The number of fused-ring (bicyclic) bond motifs is 2. The minimum Gasteiger partial charge on any atom is -0.455 e. The van der Waals surface area contributed by atoms with Crippen LogP contribution in [0, 0.1) is 11.8 Å². The highest BCUT2D eigenvalue weighted by atomic mass is 79.9. The van der Waals surface area contributed by atoms with Crippen molar-refractivity contribution >= 4 is 39.6 Å². The number of benzene rings is 1. The van der Waals surface area contributed by atoms with Crippen molar-refractivity contribution < 1.29 is 33.8 Å². The zero-order chi connectivity index (χ0) is 34.1. The summed E-state index contributed by atoms with van der Waals surface area (Å²) in [5.41, 5.74) is -1.22. The number of rotatable bonds is 7. The summed E-state index contributed by atoms with van der Waals surface area (Å²) in [4.78, 5) is 62.0. The topological polar surface area (TPSA) is 117 Å². The molecule has 4 heterocycles. The summed E-state index contributed by atoms with van der Waals surface area (Å²) >= 11 is 3.63. The number of esters is 1. The molecule has 5 bridgehead atoms. The van der Waals surface area contributed by atoms with Crippen molar-refractivity contribution in [3.8, 4) is 0 Å². The second-order valence-corrected chi connectivity index (χ2v) is 15.1. The lowest BCUT2D eigenvalue weighted by Gasteiger charge is -2.41. The molecule has 0 aromatic heterocycles. The first-order chi connectivity index (χ1) is 22.3. The van der Waals surface area contributed by atoms with Gasteiger partial charge in [0, 0.05) is 43.2 Å². The van der Waals surface area contributed by atoms with Crippen molar-refractivity contribution in [2.24, 2.45) is 11.8 Å². The van der Waals surface area contributed by atoms with Crippen LogP contribution in [0.5, 0.6) is 0 Å². The number of carbonyl (C=O) groups is 4. The van der Waals surface area contributed by atoms with E-state index in [1.807, 2.05) is 76.3 Å². The molecule has 7 atom stereocenters. The van der Waals surface area contributed by atoms with Gasteiger partial charge in [0.1, 0.15) is 29.8 Å². The fourth-order valence-corrected chi connectivity index (χ4v) is 8.23. The Morgan fingerprint density at radius 3 is 2.36 bits per heavy atom. The average Bonchev–Trinajstić information content (AvgIpc) is 3.62. The van der Waals surface area contributed by atoms with Crippen molar-refractivity contribution in [3.05, 3.63) is 58.6 Å².